The number of rotatable bonds is 9. The molecule has 1 aromatic rings. The van der Waals surface area contributed by atoms with Crippen LogP contribution in [0.5, 0.6) is 0 Å². The van der Waals surface area contributed by atoms with Crippen molar-refractivity contribution in [1.29, 1.82) is 0 Å². The first-order valence-corrected chi connectivity index (χ1v) is 8.63. The molecule has 1 aliphatic heterocycles. The van der Waals surface area contributed by atoms with Crippen LogP contribution in [0, 0.1) is 11.7 Å². The van der Waals surface area contributed by atoms with Gasteiger partial charge in [0.25, 0.3) is 0 Å². The quantitative estimate of drug-likeness (QED) is 0.669. The molecule has 1 aliphatic rings. The highest BCUT2D eigenvalue weighted by Crippen LogP contribution is 2.19. The molecule has 1 fully saturated rings. The van der Waals surface area contributed by atoms with Gasteiger partial charge >= 0.3 is 0 Å². The lowest BCUT2D eigenvalue weighted by molar-refractivity contribution is -0.126. The van der Waals surface area contributed by atoms with Crippen LogP contribution in [0.25, 0.3) is 0 Å². The molecular weight excluding hydrogens is 309 g/mol. The van der Waals surface area contributed by atoms with E-state index >= 15 is 0 Å². The van der Waals surface area contributed by atoms with Crippen molar-refractivity contribution in [3.63, 3.8) is 0 Å². The van der Waals surface area contributed by atoms with E-state index in [1.807, 2.05) is 6.07 Å². The van der Waals surface area contributed by atoms with Gasteiger partial charge in [-0.2, -0.15) is 0 Å². The highest BCUT2D eigenvalue weighted by Gasteiger charge is 2.25. The van der Waals surface area contributed by atoms with Crippen LogP contribution in [0.4, 0.5) is 4.39 Å². The number of carbonyl (C=O) groups excluding carboxylic acids is 1. The van der Waals surface area contributed by atoms with Gasteiger partial charge in [0.05, 0.1) is 12.5 Å². The lowest BCUT2D eigenvalue weighted by atomic mass is 9.96. The van der Waals surface area contributed by atoms with Crippen LogP contribution in [0.2, 0.25) is 0 Å². The zero-order valence-electron chi connectivity index (χ0n) is 14.4. The Morgan fingerprint density at radius 3 is 3.04 bits per heavy atom. The predicted molar refractivity (Wildman–Crippen MR) is 92.2 cm³/mol. The summed E-state index contributed by atoms with van der Waals surface area (Å²) in [5.41, 5.74) is 0.957. The molecule has 1 aromatic carbocycles. The van der Waals surface area contributed by atoms with E-state index in [2.05, 4.69) is 15.5 Å². The number of likely N-dealkylation sites (tertiary alicyclic amines) is 1. The van der Waals surface area contributed by atoms with Gasteiger partial charge in [-0.15, -0.1) is 0 Å². The minimum atomic E-state index is -0.209. The van der Waals surface area contributed by atoms with Crippen molar-refractivity contribution in [3.8, 4) is 0 Å². The third-order valence-electron chi connectivity index (χ3n) is 4.26. The molecule has 2 N–H and O–H groups in total. The molecule has 0 bridgehead atoms. The largest absolute Gasteiger partial charge is 0.383 e. The number of piperidine rings is 1. The Labute approximate surface area is 143 Å². The molecule has 0 saturated carbocycles. The molecule has 24 heavy (non-hydrogen) atoms. The fraction of sp³-hybridized carbons (Fsp3) is 0.611. The first-order valence-electron chi connectivity index (χ1n) is 8.63. The molecule has 0 radical (unpaired) electrons. The molecule has 5 nitrogen and oxygen atoms in total. The molecular formula is C18H28FN3O2. The molecule has 1 amide bonds. The van der Waals surface area contributed by atoms with E-state index in [1.165, 1.54) is 6.07 Å². The van der Waals surface area contributed by atoms with Crippen molar-refractivity contribution in [3.05, 3.63) is 35.6 Å². The van der Waals surface area contributed by atoms with E-state index < -0.39 is 0 Å². The summed E-state index contributed by atoms with van der Waals surface area (Å²) in [7, 11) is 1.67. The van der Waals surface area contributed by atoms with Gasteiger partial charge in [0.15, 0.2) is 0 Å². The second-order valence-corrected chi connectivity index (χ2v) is 6.24. The number of amides is 1. The molecule has 1 saturated heterocycles. The Morgan fingerprint density at radius 1 is 1.38 bits per heavy atom. The summed E-state index contributed by atoms with van der Waals surface area (Å²) in [5, 5.41) is 6.20. The summed E-state index contributed by atoms with van der Waals surface area (Å²) in [6.45, 7) is 5.22. The molecule has 1 atom stereocenters. The van der Waals surface area contributed by atoms with Gasteiger partial charge in [-0.25, -0.2) is 4.39 Å². The fourth-order valence-corrected chi connectivity index (χ4v) is 3.02. The molecule has 0 aromatic heterocycles. The Kier molecular flexibility index (Phi) is 8.15. The molecule has 1 heterocycles. The first-order chi connectivity index (χ1) is 11.7. The summed E-state index contributed by atoms with van der Waals surface area (Å²) in [5.74, 6) is -0.0708. The highest BCUT2D eigenvalue weighted by molar-refractivity contribution is 5.78. The van der Waals surface area contributed by atoms with Gasteiger partial charge in [-0.05, 0) is 37.1 Å². The average molecular weight is 337 g/mol. The smallest absolute Gasteiger partial charge is 0.224 e. The van der Waals surface area contributed by atoms with Gasteiger partial charge < -0.3 is 15.4 Å². The Hall–Kier alpha value is -1.50. The van der Waals surface area contributed by atoms with E-state index in [4.69, 9.17) is 4.74 Å². The Bertz CT molecular complexity index is 513. The fourth-order valence-electron chi connectivity index (χ4n) is 3.02. The van der Waals surface area contributed by atoms with E-state index in [1.54, 1.807) is 19.2 Å². The van der Waals surface area contributed by atoms with Crippen LogP contribution < -0.4 is 10.6 Å². The average Bonchev–Trinajstić information content (AvgIpc) is 2.58. The molecule has 0 spiro atoms. The van der Waals surface area contributed by atoms with Gasteiger partial charge in [0.1, 0.15) is 5.82 Å². The van der Waals surface area contributed by atoms with Gasteiger partial charge in [0.2, 0.25) is 5.91 Å². The number of halogens is 1. The summed E-state index contributed by atoms with van der Waals surface area (Å²) < 4.78 is 18.2. The number of methoxy groups -OCH3 is 1. The molecule has 0 aliphatic carbocycles. The lowest BCUT2D eigenvalue weighted by Gasteiger charge is -2.32. The van der Waals surface area contributed by atoms with E-state index in [0.29, 0.717) is 19.7 Å². The van der Waals surface area contributed by atoms with Crippen molar-refractivity contribution in [2.24, 2.45) is 5.92 Å². The third-order valence-corrected chi connectivity index (χ3v) is 4.26. The number of carbonyl (C=O) groups is 1. The number of benzene rings is 1. The number of hydrogen-bond donors (Lipinski definition) is 2. The van der Waals surface area contributed by atoms with Gasteiger partial charge in [0, 0.05) is 39.8 Å². The maximum Gasteiger partial charge on any atom is 0.224 e. The van der Waals surface area contributed by atoms with Crippen LogP contribution in [0.3, 0.4) is 0 Å². The topological polar surface area (TPSA) is 53.6 Å². The summed E-state index contributed by atoms with van der Waals surface area (Å²) in [6.07, 6.45) is 1.92. The number of nitrogens with one attached hydrogen (secondary N) is 2. The number of ether oxygens (including phenoxy) is 1. The van der Waals surface area contributed by atoms with Crippen molar-refractivity contribution >= 4 is 5.91 Å². The molecule has 2 rings (SSSR count). The molecule has 1 unspecified atom stereocenters. The predicted octanol–water partition coefficient (Wildman–Crippen LogP) is 1.39. The second-order valence-electron chi connectivity index (χ2n) is 6.24. The summed E-state index contributed by atoms with van der Waals surface area (Å²) in [4.78, 5) is 14.5. The van der Waals surface area contributed by atoms with Crippen molar-refractivity contribution in [1.82, 2.24) is 15.5 Å². The van der Waals surface area contributed by atoms with Crippen LogP contribution in [0.1, 0.15) is 18.4 Å². The zero-order valence-corrected chi connectivity index (χ0v) is 14.4. The summed E-state index contributed by atoms with van der Waals surface area (Å²) in [6, 6.07) is 6.68. The van der Waals surface area contributed by atoms with Crippen molar-refractivity contribution < 1.29 is 13.9 Å². The van der Waals surface area contributed by atoms with Crippen LogP contribution in [-0.4, -0.2) is 57.2 Å². The third kappa shape index (κ3) is 6.55. The summed E-state index contributed by atoms with van der Waals surface area (Å²) >= 11 is 0. The van der Waals surface area contributed by atoms with E-state index in [9.17, 15) is 9.18 Å². The van der Waals surface area contributed by atoms with E-state index in [0.717, 1.165) is 44.6 Å². The number of hydrogen-bond acceptors (Lipinski definition) is 4. The molecule has 134 valence electrons. The van der Waals surface area contributed by atoms with E-state index in [-0.39, 0.29) is 17.6 Å². The normalized spacial score (nSPS) is 18.5. The lowest BCUT2D eigenvalue weighted by Crippen LogP contribution is -2.44. The first kappa shape index (κ1) is 18.8. The number of nitrogens with zero attached hydrogens (tertiary/aromatic N) is 1. The zero-order chi connectivity index (χ0) is 17.2. The monoisotopic (exact) mass is 337 g/mol. The van der Waals surface area contributed by atoms with Crippen LogP contribution in [-0.2, 0) is 16.1 Å². The maximum absolute atomic E-state index is 13.3. The minimum absolute atomic E-state index is 0.0197. The standard InChI is InChI=1S/C18H28FN3O2/c1-24-11-9-20-7-8-21-18(23)16-5-3-10-22(14-16)13-15-4-2-6-17(19)12-15/h2,4,6,12,16,20H,3,5,7-11,13-14H2,1H3,(H,21,23). The van der Waals surface area contributed by atoms with Crippen molar-refractivity contribution in [2.45, 2.75) is 19.4 Å². The Balaban J connectivity index is 1.70. The molecule has 6 heteroatoms. The van der Waals surface area contributed by atoms with Crippen LogP contribution >= 0.6 is 0 Å². The SMILES string of the molecule is COCCNCCNC(=O)C1CCCN(Cc2cccc(F)c2)C1. The van der Waals surface area contributed by atoms with Crippen molar-refractivity contribution in [2.75, 3.05) is 46.4 Å². The highest BCUT2D eigenvalue weighted by atomic mass is 19.1. The van der Waals surface area contributed by atoms with Crippen LogP contribution in [0.15, 0.2) is 24.3 Å². The second kappa shape index (κ2) is 10.4. The Morgan fingerprint density at radius 2 is 2.25 bits per heavy atom. The maximum atomic E-state index is 13.3. The van der Waals surface area contributed by atoms with Gasteiger partial charge in [-0.1, -0.05) is 12.1 Å². The van der Waals surface area contributed by atoms with Gasteiger partial charge in [-0.3, -0.25) is 9.69 Å². The minimum Gasteiger partial charge on any atom is -0.383 e.